The molecule has 1 aliphatic rings. The zero-order chi connectivity index (χ0) is 21.3. The van der Waals surface area contributed by atoms with Crippen LogP contribution in [0.4, 0.5) is 0 Å². The smallest absolute Gasteiger partial charge is 0.228 e. The Hall–Kier alpha value is -2.32. The summed E-state index contributed by atoms with van der Waals surface area (Å²) < 4.78 is 13.9. The molecule has 0 saturated heterocycles. The van der Waals surface area contributed by atoms with E-state index in [0.29, 0.717) is 24.4 Å². The lowest BCUT2D eigenvalue weighted by Gasteiger charge is -2.16. The van der Waals surface area contributed by atoms with Gasteiger partial charge < -0.3 is 14.0 Å². The van der Waals surface area contributed by atoms with E-state index in [4.69, 9.17) is 14.5 Å². The number of hydrogen-bond donors (Lipinski definition) is 0. The van der Waals surface area contributed by atoms with Crippen molar-refractivity contribution in [3.8, 4) is 17.3 Å². The first-order valence-electron chi connectivity index (χ1n) is 10.7. The standard InChI is InChI=1S/C22H31N5O2Si/c1-15(2)29-22-19(20(16-6-7-16)24-13-25-22)21-23-12-18-17(26-21)8-9-27(18)14-28-10-11-30(3,4)5/h8-9,12-13,15-16H,6-7,10-11,14H2,1-5H3. The number of ether oxygens (including phenoxy) is 2. The van der Waals surface area contributed by atoms with Gasteiger partial charge in [0.1, 0.15) is 18.6 Å². The molecule has 3 aromatic rings. The van der Waals surface area contributed by atoms with E-state index in [1.165, 1.54) is 0 Å². The summed E-state index contributed by atoms with van der Waals surface area (Å²) in [6, 6.07) is 3.16. The number of nitrogens with zero attached hydrogens (tertiary/aromatic N) is 5. The molecule has 0 N–H and O–H groups in total. The van der Waals surface area contributed by atoms with Crippen LogP contribution in [0.25, 0.3) is 22.4 Å². The lowest BCUT2D eigenvalue weighted by Crippen LogP contribution is -2.21. The molecule has 0 radical (unpaired) electrons. The molecule has 0 unspecified atom stereocenters. The van der Waals surface area contributed by atoms with Crippen molar-refractivity contribution >= 4 is 19.1 Å². The normalized spacial score (nSPS) is 14.6. The van der Waals surface area contributed by atoms with Gasteiger partial charge >= 0.3 is 0 Å². The van der Waals surface area contributed by atoms with Crippen LogP contribution in [0.15, 0.2) is 24.8 Å². The number of fused-ring (bicyclic) bond motifs is 1. The molecule has 4 rings (SSSR count). The van der Waals surface area contributed by atoms with Crippen LogP contribution in [0.5, 0.6) is 5.88 Å². The van der Waals surface area contributed by atoms with Crippen LogP contribution in [-0.2, 0) is 11.5 Å². The zero-order valence-electron chi connectivity index (χ0n) is 18.6. The number of hydrogen-bond acceptors (Lipinski definition) is 6. The van der Waals surface area contributed by atoms with Crippen LogP contribution in [0.1, 0.15) is 38.3 Å². The summed E-state index contributed by atoms with van der Waals surface area (Å²) in [6.45, 7) is 12.4. The molecule has 3 heterocycles. The molecule has 7 nitrogen and oxygen atoms in total. The Balaban J connectivity index is 1.60. The molecule has 1 saturated carbocycles. The first kappa shape index (κ1) is 20.9. The van der Waals surface area contributed by atoms with Crippen LogP contribution >= 0.6 is 0 Å². The van der Waals surface area contributed by atoms with Crippen LogP contribution < -0.4 is 4.74 Å². The molecule has 0 amide bonds. The second-order valence-electron chi connectivity index (χ2n) is 9.48. The highest BCUT2D eigenvalue weighted by Crippen LogP contribution is 2.45. The van der Waals surface area contributed by atoms with E-state index in [1.807, 2.05) is 32.3 Å². The quantitative estimate of drug-likeness (QED) is 0.360. The van der Waals surface area contributed by atoms with E-state index in [0.717, 1.165) is 47.8 Å². The molecule has 3 aromatic heterocycles. The summed E-state index contributed by atoms with van der Waals surface area (Å²) in [5.41, 5.74) is 3.67. The molecular weight excluding hydrogens is 394 g/mol. The molecule has 1 fully saturated rings. The highest BCUT2D eigenvalue weighted by Gasteiger charge is 2.31. The van der Waals surface area contributed by atoms with E-state index in [-0.39, 0.29) is 6.10 Å². The van der Waals surface area contributed by atoms with Gasteiger partial charge in [0.05, 0.1) is 29.0 Å². The van der Waals surface area contributed by atoms with Crippen molar-refractivity contribution in [1.82, 2.24) is 24.5 Å². The highest BCUT2D eigenvalue weighted by molar-refractivity contribution is 6.76. The van der Waals surface area contributed by atoms with Gasteiger partial charge in [0, 0.05) is 26.8 Å². The van der Waals surface area contributed by atoms with E-state index < -0.39 is 8.07 Å². The third-order valence-electron chi connectivity index (χ3n) is 5.12. The SMILES string of the molecule is CC(C)Oc1ncnc(C2CC2)c1-c1ncc2c(ccn2COCC[Si](C)(C)C)n1. The van der Waals surface area contributed by atoms with Gasteiger partial charge in [-0.2, -0.15) is 0 Å². The third-order valence-corrected chi connectivity index (χ3v) is 6.83. The summed E-state index contributed by atoms with van der Waals surface area (Å²) in [5, 5.41) is 0. The molecular formula is C22H31N5O2Si. The summed E-state index contributed by atoms with van der Waals surface area (Å²) in [6.07, 6.45) is 7.75. The molecule has 1 aliphatic carbocycles. The van der Waals surface area contributed by atoms with E-state index in [1.54, 1.807) is 6.33 Å². The van der Waals surface area contributed by atoms with Gasteiger partial charge in [-0.1, -0.05) is 19.6 Å². The average molecular weight is 426 g/mol. The van der Waals surface area contributed by atoms with Gasteiger partial charge in [0.2, 0.25) is 5.88 Å². The molecule has 0 spiro atoms. The molecule has 0 aliphatic heterocycles. The summed E-state index contributed by atoms with van der Waals surface area (Å²) in [4.78, 5) is 18.4. The van der Waals surface area contributed by atoms with Crippen molar-refractivity contribution in [1.29, 1.82) is 0 Å². The molecule has 8 heteroatoms. The largest absolute Gasteiger partial charge is 0.474 e. The van der Waals surface area contributed by atoms with E-state index >= 15 is 0 Å². The van der Waals surface area contributed by atoms with Crippen molar-refractivity contribution in [3.05, 3.63) is 30.5 Å². The van der Waals surface area contributed by atoms with Crippen molar-refractivity contribution in [3.63, 3.8) is 0 Å². The first-order valence-corrected chi connectivity index (χ1v) is 14.4. The highest BCUT2D eigenvalue weighted by atomic mass is 28.3. The Morgan fingerprint density at radius 2 is 1.97 bits per heavy atom. The monoisotopic (exact) mass is 425 g/mol. The zero-order valence-corrected chi connectivity index (χ0v) is 19.6. The molecule has 160 valence electrons. The van der Waals surface area contributed by atoms with Gasteiger partial charge in [-0.05, 0) is 38.8 Å². The van der Waals surface area contributed by atoms with E-state index in [2.05, 4.69) is 39.2 Å². The molecule has 0 bridgehead atoms. The molecule has 0 atom stereocenters. The van der Waals surface area contributed by atoms with Gasteiger partial charge in [-0.25, -0.2) is 19.9 Å². The Kier molecular flexibility index (Phi) is 5.88. The van der Waals surface area contributed by atoms with E-state index in [9.17, 15) is 0 Å². The predicted octanol–water partition coefficient (Wildman–Crippen LogP) is 4.87. The summed E-state index contributed by atoms with van der Waals surface area (Å²) in [7, 11) is -1.09. The molecule has 30 heavy (non-hydrogen) atoms. The fourth-order valence-electron chi connectivity index (χ4n) is 3.32. The Morgan fingerprint density at radius 1 is 1.17 bits per heavy atom. The van der Waals surface area contributed by atoms with Crippen LogP contribution in [-0.4, -0.2) is 45.3 Å². The maximum absolute atomic E-state index is 5.98. The first-order chi connectivity index (χ1) is 14.3. The Morgan fingerprint density at radius 3 is 2.67 bits per heavy atom. The topological polar surface area (TPSA) is 75.0 Å². The van der Waals surface area contributed by atoms with Crippen molar-refractivity contribution < 1.29 is 9.47 Å². The maximum atomic E-state index is 5.98. The number of aromatic nitrogens is 5. The third kappa shape index (κ3) is 4.87. The van der Waals surface area contributed by atoms with Crippen molar-refractivity contribution in [2.45, 2.75) is 71.1 Å². The summed E-state index contributed by atoms with van der Waals surface area (Å²) in [5.74, 6) is 1.63. The Labute approximate surface area is 178 Å². The van der Waals surface area contributed by atoms with Crippen LogP contribution in [0, 0.1) is 0 Å². The minimum atomic E-state index is -1.09. The van der Waals surface area contributed by atoms with Crippen molar-refractivity contribution in [2.24, 2.45) is 0 Å². The number of rotatable bonds is 9. The van der Waals surface area contributed by atoms with Gasteiger partial charge in [-0.15, -0.1) is 0 Å². The molecule has 0 aromatic carbocycles. The minimum absolute atomic E-state index is 0.0174. The van der Waals surface area contributed by atoms with Gasteiger partial charge in [0.15, 0.2) is 5.82 Å². The van der Waals surface area contributed by atoms with Gasteiger partial charge in [0.25, 0.3) is 0 Å². The lowest BCUT2D eigenvalue weighted by atomic mass is 10.1. The second-order valence-corrected chi connectivity index (χ2v) is 15.1. The van der Waals surface area contributed by atoms with Crippen molar-refractivity contribution in [2.75, 3.05) is 6.61 Å². The van der Waals surface area contributed by atoms with Crippen LogP contribution in [0.3, 0.4) is 0 Å². The second kappa shape index (κ2) is 8.43. The fourth-order valence-corrected chi connectivity index (χ4v) is 4.08. The maximum Gasteiger partial charge on any atom is 0.228 e. The minimum Gasteiger partial charge on any atom is -0.474 e. The van der Waals surface area contributed by atoms with Crippen LogP contribution in [0.2, 0.25) is 25.7 Å². The fraction of sp³-hybridized carbons (Fsp3) is 0.545. The average Bonchev–Trinajstić information content (AvgIpc) is 3.44. The lowest BCUT2D eigenvalue weighted by molar-refractivity contribution is 0.0902. The summed E-state index contributed by atoms with van der Waals surface area (Å²) >= 11 is 0. The Bertz CT molecular complexity index is 1020. The van der Waals surface area contributed by atoms with Gasteiger partial charge in [-0.3, -0.25) is 0 Å². The predicted molar refractivity (Wildman–Crippen MR) is 120 cm³/mol.